The van der Waals surface area contributed by atoms with Crippen LogP contribution >= 0.6 is 11.8 Å². The third-order valence-electron chi connectivity index (χ3n) is 3.20. The number of fused-ring (bicyclic) bond motifs is 1. The molecule has 3 rings (SSSR count). The van der Waals surface area contributed by atoms with E-state index < -0.39 is 0 Å². The van der Waals surface area contributed by atoms with E-state index in [0.717, 1.165) is 0 Å². The first kappa shape index (κ1) is 13.8. The fraction of sp³-hybridized carbons (Fsp3) is 0.286. The summed E-state index contributed by atoms with van der Waals surface area (Å²) >= 11 is 1.51. The van der Waals surface area contributed by atoms with Crippen molar-refractivity contribution < 1.29 is 4.79 Å². The average Bonchev–Trinajstić information content (AvgIpc) is 2.82. The molecule has 1 aliphatic rings. The zero-order valence-corrected chi connectivity index (χ0v) is 12.3. The quantitative estimate of drug-likeness (QED) is 0.872. The molecule has 0 saturated heterocycles. The molecule has 2 aromatic heterocycles. The van der Waals surface area contributed by atoms with Crippen molar-refractivity contribution in [3.8, 4) is 0 Å². The molecule has 0 bridgehead atoms. The van der Waals surface area contributed by atoms with Gasteiger partial charge in [0.05, 0.1) is 6.04 Å². The van der Waals surface area contributed by atoms with Crippen LogP contribution in [0, 0.1) is 6.92 Å². The Kier molecular flexibility index (Phi) is 3.74. The van der Waals surface area contributed by atoms with Crippen LogP contribution in [0.1, 0.15) is 18.2 Å². The van der Waals surface area contributed by atoms with Gasteiger partial charge in [0.1, 0.15) is 0 Å². The predicted molar refractivity (Wildman–Crippen MR) is 80.5 cm³/mol. The van der Waals surface area contributed by atoms with Gasteiger partial charge in [0.15, 0.2) is 5.16 Å². The number of hydrogen-bond acceptors (Lipinski definition) is 5. The van der Waals surface area contributed by atoms with Crippen LogP contribution in [0.3, 0.4) is 0 Å². The molecule has 1 N–H and O–H groups in total. The number of nitrogens with one attached hydrogen (secondary N) is 1. The molecular formula is C14H14N4O2S. The third kappa shape index (κ3) is 2.97. The smallest absolute Gasteiger partial charge is 0.254 e. The Morgan fingerprint density at radius 1 is 1.48 bits per heavy atom. The molecule has 0 fully saturated rings. The van der Waals surface area contributed by atoms with Gasteiger partial charge < -0.3 is 5.32 Å². The van der Waals surface area contributed by atoms with E-state index in [1.165, 1.54) is 17.8 Å². The number of aromatic nitrogens is 3. The van der Waals surface area contributed by atoms with E-state index in [4.69, 9.17) is 0 Å². The van der Waals surface area contributed by atoms with E-state index in [9.17, 15) is 9.59 Å². The van der Waals surface area contributed by atoms with Crippen molar-refractivity contribution >= 4 is 23.4 Å². The largest absolute Gasteiger partial charge is 0.326 e. The van der Waals surface area contributed by atoms with Gasteiger partial charge in [0, 0.05) is 42.0 Å². The lowest BCUT2D eigenvalue weighted by Gasteiger charge is -2.13. The molecule has 1 aliphatic heterocycles. The molecule has 0 aromatic carbocycles. The number of rotatable bonds is 3. The van der Waals surface area contributed by atoms with Gasteiger partial charge in [0.2, 0.25) is 5.91 Å². The molecular weight excluding hydrogens is 288 g/mol. The SMILES string of the molecule is Cc1cc(=O)n2c(n1)SC[C@@H]2CC(=O)Nc1ccncc1. The van der Waals surface area contributed by atoms with Crippen molar-refractivity contribution in [3.63, 3.8) is 0 Å². The van der Waals surface area contributed by atoms with Gasteiger partial charge >= 0.3 is 0 Å². The zero-order valence-electron chi connectivity index (χ0n) is 11.4. The molecule has 0 unspecified atom stereocenters. The monoisotopic (exact) mass is 302 g/mol. The van der Waals surface area contributed by atoms with Gasteiger partial charge in [-0.25, -0.2) is 4.98 Å². The first-order valence-corrected chi connectivity index (χ1v) is 7.55. The van der Waals surface area contributed by atoms with Crippen molar-refractivity contribution in [1.82, 2.24) is 14.5 Å². The van der Waals surface area contributed by atoms with Crippen LogP contribution in [0.5, 0.6) is 0 Å². The van der Waals surface area contributed by atoms with Gasteiger partial charge in [-0.2, -0.15) is 0 Å². The van der Waals surface area contributed by atoms with Crippen molar-refractivity contribution in [3.05, 3.63) is 46.6 Å². The highest BCUT2D eigenvalue weighted by atomic mass is 32.2. The molecule has 7 heteroatoms. The maximum atomic E-state index is 12.1. The highest BCUT2D eigenvalue weighted by Gasteiger charge is 2.27. The van der Waals surface area contributed by atoms with E-state index in [1.807, 2.05) is 0 Å². The maximum absolute atomic E-state index is 12.1. The zero-order chi connectivity index (χ0) is 14.8. The fourth-order valence-corrected chi connectivity index (χ4v) is 3.47. The van der Waals surface area contributed by atoms with Crippen molar-refractivity contribution in [2.75, 3.05) is 11.1 Å². The van der Waals surface area contributed by atoms with Crippen LogP contribution in [0.2, 0.25) is 0 Å². The molecule has 6 nitrogen and oxygen atoms in total. The Hall–Kier alpha value is -2.15. The van der Waals surface area contributed by atoms with Gasteiger partial charge in [0.25, 0.3) is 5.56 Å². The molecule has 0 saturated carbocycles. The summed E-state index contributed by atoms with van der Waals surface area (Å²) in [4.78, 5) is 32.4. The number of carbonyl (C=O) groups is 1. The van der Waals surface area contributed by atoms with Gasteiger partial charge in [-0.3, -0.25) is 19.1 Å². The van der Waals surface area contributed by atoms with E-state index in [1.54, 1.807) is 36.0 Å². The summed E-state index contributed by atoms with van der Waals surface area (Å²) in [5.41, 5.74) is 1.32. The Morgan fingerprint density at radius 3 is 3.00 bits per heavy atom. The summed E-state index contributed by atoms with van der Waals surface area (Å²) in [5, 5.41) is 3.50. The fourth-order valence-electron chi connectivity index (χ4n) is 2.27. The summed E-state index contributed by atoms with van der Waals surface area (Å²) in [7, 11) is 0. The van der Waals surface area contributed by atoms with Crippen LogP contribution in [-0.2, 0) is 4.79 Å². The molecule has 0 aliphatic carbocycles. The highest BCUT2D eigenvalue weighted by Crippen LogP contribution is 2.32. The Labute approximate surface area is 125 Å². The predicted octanol–water partition coefficient (Wildman–Crippen LogP) is 1.62. The summed E-state index contributed by atoms with van der Waals surface area (Å²) < 4.78 is 1.61. The first-order valence-electron chi connectivity index (χ1n) is 6.56. The summed E-state index contributed by atoms with van der Waals surface area (Å²) in [5.74, 6) is 0.572. The number of thioether (sulfide) groups is 1. The number of anilines is 1. The standard InChI is InChI=1S/C14H14N4O2S/c1-9-6-13(20)18-11(8-21-14(18)16-9)7-12(19)17-10-2-4-15-5-3-10/h2-6,11H,7-8H2,1H3,(H,15,17,19)/t11-/m0/s1. The van der Waals surface area contributed by atoms with Crippen molar-refractivity contribution in [2.45, 2.75) is 24.5 Å². The van der Waals surface area contributed by atoms with Crippen molar-refractivity contribution in [1.29, 1.82) is 0 Å². The number of carbonyl (C=O) groups excluding carboxylic acids is 1. The van der Waals surface area contributed by atoms with Crippen LogP contribution in [0.15, 0.2) is 40.5 Å². The van der Waals surface area contributed by atoms with Crippen LogP contribution < -0.4 is 10.9 Å². The summed E-state index contributed by atoms with van der Waals surface area (Å²) in [6.45, 7) is 1.80. The number of amides is 1. The Balaban J connectivity index is 1.74. The molecule has 2 aromatic rings. The van der Waals surface area contributed by atoms with Crippen LogP contribution in [0.4, 0.5) is 5.69 Å². The lowest BCUT2D eigenvalue weighted by Crippen LogP contribution is -2.27. The van der Waals surface area contributed by atoms with Crippen LogP contribution in [0.25, 0.3) is 0 Å². The van der Waals surface area contributed by atoms with E-state index in [-0.39, 0.29) is 23.9 Å². The second-order valence-corrected chi connectivity index (χ2v) is 5.83. The number of nitrogens with zero attached hydrogens (tertiary/aromatic N) is 3. The first-order chi connectivity index (χ1) is 10.1. The van der Waals surface area contributed by atoms with Crippen molar-refractivity contribution in [2.24, 2.45) is 0 Å². The minimum Gasteiger partial charge on any atom is -0.326 e. The third-order valence-corrected chi connectivity index (χ3v) is 4.30. The van der Waals surface area contributed by atoms with Crippen LogP contribution in [-0.4, -0.2) is 26.2 Å². The number of hydrogen-bond donors (Lipinski definition) is 1. The van der Waals surface area contributed by atoms with E-state index in [2.05, 4.69) is 15.3 Å². The topological polar surface area (TPSA) is 76.9 Å². The normalized spacial score (nSPS) is 16.5. The molecule has 21 heavy (non-hydrogen) atoms. The summed E-state index contributed by atoms with van der Waals surface area (Å²) in [6, 6.07) is 4.81. The number of pyridine rings is 1. The maximum Gasteiger partial charge on any atom is 0.254 e. The Morgan fingerprint density at radius 2 is 2.24 bits per heavy atom. The van der Waals surface area contributed by atoms with Gasteiger partial charge in [-0.05, 0) is 19.1 Å². The van der Waals surface area contributed by atoms with E-state index in [0.29, 0.717) is 22.3 Å². The van der Waals surface area contributed by atoms with E-state index >= 15 is 0 Å². The molecule has 0 radical (unpaired) electrons. The van der Waals surface area contributed by atoms with Gasteiger partial charge in [-0.15, -0.1) is 0 Å². The second kappa shape index (κ2) is 5.69. The van der Waals surface area contributed by atoms with Gasteiger partial charge in [-0.1, -0.05) is 11.8 Å². The average molecular weight is 302 g/mol. The Bertz CT molecular complexity index is 729. The molecule has 1 amide bonds. The minimum absolute atomic E-state index is 0.0933. The summed E-state index contributed by atoms with van der Waals surface area (Å²) in [6.07, 6.45) is 3.49. The minimum atomic E-state index is -0.146. The molecule has 3 heterocycles. The lowest BCUT2D eigenvalue weighted by molar-refractivity contribution is -0.116. The molecule has 108 valence electrons. The lowest BCUT2D eigenvalue weighted by atomic mass is 10.2. The second-order valence-electron chi connectivity index (χ2n) is 4.84. The number of aryl methyl sites for hydroxylation is 1. The molecule has 0 spiro atoms. The highest BCUT2D eigenvalue weighted by molar-refractivity contribution is 7.99. The molecule has 1 atom stereocenters.